The summed E-state index contributed by atoms with van der Waals surface area (Å²) in [5.41, 5.74) is 0.299. The van der Waals surface area contributed by atoms with E-state index in [0.29, 0.717) is 19.0 Å². The molecular weight excluding hydrogens is 384 g/mol. The number of aliphatic imine (C=N–C) groups is 1. The van der Waals surface area contributed by atoms with Crippen LogP contribution in [0.2, 0.25) is 0 Å². The van der Waals surface area contributed by atoms with E-state index < -0.39 is 5.60 Å². The van der Waals surface area contributed by atoms with Crippen molar-refractivity contribution in [3.05, 3.63) is 35.6 Å². The van der Waals surface area contributed by atoms with Gasteiger partial charge in [-0.3, -0.25) is 4.99 Å². The first-order chi connectivity index (χ1) is 9.52. The number of halogens is 2. The summed E-state index contributed by atoms with van der Waals surface area (Å²) in [4.78, 5) is 6.11. The van der Waals surface area contributed by atoms with Gasteiger partial charge in [-0.15, -0.1) is 24.0 Å². The van der Waals surface area contributed by atoms with Crippen LogP contribution >= 0.6 is 24.0 Å². The molecule has 0 atom stereocenters. The summed E-state index contributed by atoms with van der Waals surface area (Å²) >= 11 is 0. The maximum atomic E-state index is 13.2. The molecule has 2 rings (SSSR count). The molecule has 1 fully saturated rings. The van der Waals surface area contributed by atoms with Crippen LogP contribution in [0, 0.1) is 5.82 Å². The van der Waals surface area contributed by atoms with Gasteiger partial charge in [0.2, 0.25) is 0 Å². The summed E-state index contributed by atoms with van der Waals surface area (Å²) < 4.78 is 13.2. The topological polar surface area (TPSA) is 47.9 Å². The molecule has 0 amide bonds. The molecular formula is C15H23FIN3O. The Morgan fingerprint density at radius 3 is 2.71 bits per heavy atom. The van der Waals surface area contributed by atoms with Crippen molar-refractivity contribution in [1.82, 2.24) is 10.2 Å². The Morgan fingerprint density at radius 1 is 1.48 bits per heavy atom. The highest BCUT2D eigenvalue weighted by Gasteiger charge is 2.34. The SMILES string of the molecule is CN=C(NCC1(O)CCC1)N(C)Cc1cccc(F)c1.I. The average molecular weight is 407 g/mol. The minimum absolute atomic E-state index is 0. The number of hydrogen-bond acceptors (Lipinski definition) is 2. The number of hydrogen-bond donors (Lipinski definition) is 2. The van der Waals surface area contributed by atoms with Crippen molar-refractivity contribution in [3.63, 3.8) is 0 Å². The van der Waals surface area contributed by atoms with Gasteiger partial charge in [-0.05, 0) is 37.0 Å². The van der Waals surface area contributed by atoms with E-state index in [1.165, 1.54) is 12.1 Å². The Hall–Kier alpha value is -0.890. The van der Waals surface area contributed by atoms with Crippen molar-refractivity contribution in [1.29, 1.82) is 0 Å². The highest BCUT2D eigenvalue weighted by molar-refractivity contribution is 14.0. The zero-order chi connectivity index (χ0) is 14.6. The molecule has 0 heterocycles. The minimum atomic E-state index is -0.588. The maximum Gasteiger partial charge on any atom is 0.193 e. The van der Waals surface area contributed by atoms with Gasteiger partial charge in [-0.25, -0.2) is 4.39 Å². The molecule has 1 aliphatic carbocycles. The van der Waals surface area contributed by atoms with Crippen LogP contribution in [0.25, 0.3) is 0 Å². The number of nitrogens with one attached hydrogen (secondary N) is 1. The van der Waals surface area contributed by atoms with E-state index in [9.17, 15) is 9.50 Å². The molecule has 4 nitrogen and oxygen atoms in total. The third-order valence-corrected chi connectivity index (χ3v) is 3.74. The van der Waals surface area contributed by atoms with Crippen molar-refractivity contribution in [2.24, 2.45) is 4.99 Å². The predicted molar refractivity (Wildman–Crippen MR) is 93.4 cm³/mol. The summed E-state index contributed by atoms with van der Waals surface area (Å²) in [6.07, 6.45) is 2.76. The van der Waals surface area contributed by atoms with E-state index in [0.717, 1.165) is 24.8 Å². The minimum Gasteiger partial charge on any atom is -0.388 e. The van der Waals surface area contributed by atoms with Crippen molar-refractivity contribution in [2.45, 2.75) is 31.4 Å². The summed E-state index contributed by atoms with van der Waals surface area (Å²) in [5.74, 6) is 0.470. The zero-order valence-corrected chi connectivity index (χ0v) is 14.8. The number of rotatable bonds is 4. The molecule has 0 aromatic heterocycles. The summed E-state index contributed by atoms with van der Waals surface area (Å²) in [7, 11) is 3.60. The van der Waals surface area contributed by atoms with Crippen LogP contribution < -0.4 is 5.32 Å². The molecule has 0 saturated heterocycles. The Kier molecular flexibility index (Phi) is 6.86. The fourth-order valence-corrected chi connectivity index (χ4v) is 2.37. The van der Waals surface area contributed by atoms with Gasteiger partial charge in [0.1, 0.15) is 5.82 Å². The van der Waals surface area contributed by atoms with Crippen molar-refractivity contribution >= 4 is 29.9 Å². The van der Waals surface area contributed by atoms with Gasteiger partial charge in [-0.2, -0.15) is 0 Å². The quantitative estimate of drug-likeness (QED) is 0.458. The smallest absolute Gasteiger partial charge is 0.193 e. The first kappa shape index (κ1) is 18.2. The Labute approximate surface area is 142 Å². The lowest BCUT2D eigenvalue weighted by molar-refractivity contribution is -0.0282. The zero-order valence-electron chi connectivity index (χ0n) is 12.5. The van der Waals surface area contributed by atoms with E-state index in [4.69, 9.17) is 0 Å². The fraction of sp³-hybridized carbons (Fsp3) is 0.533. The van der Waals surface area contributed by atoms with Gasteiger partial charge in [0.05, 0.1) is 5.60 Å². The van der Waals surface area contributed by atoms with Crippen LogP contribution in [0.3, 0.4) is 0 Å². The molecule has 0 aliphatic heterocycles. The van der Waals surface area contributed by atoms with E-state index in [1.54, 1.807) is 13.1 Å². The monoisotopic (exact) mass is 407 g/mol. The molecule has 2 N–H and O–H groups in total. The van der Waals surface area contributed by atoms with Gasteiger partial charge in [0.25, 0.3) is 0 Å². The largest absolute Gasteiger partial charge is 0.388 e. The third-order valence-electron chi connectivity index (χ3n) is 3.74. The number of aliphatic hydroxyl groups is 1. The standard InChI is InChI=1S/C15H22FN3O.HI/c1-17-14(18-11-15(20)7-4-8-15)19(2)10-12-5-3-6-13(16)9-12;/h3,5-6,9,20H,4,7-8,10-11H2,1-2H3,(H,17,18);1H. The van der Waals surface area contributed by atoms with Crippen molar-refractivity contribution < 1.29 is 9.50 Å². The number of benzene rings is 1. The summed E-state index contributed by atoms with van der Waals surface area (Å²) in [6, 6.07) is 6.53. The van der Waals surface area contributed by atoms with Gasteiger partial charge >= 0.3 is 0 Å². The van der Waals surface area contributed by atoms with Gasteiger partial charge < -0.3 is 15.3 Å². The van der Waals surface area contributed by atoms with E-state index in [-0.39, 0.29) is 29.8 Å². The molecule has 1 saturated carbocycles. The Balaban J connectivity index is 0.00000220. The summed E-state index contributed by atoms with van der Waals surface area (Å²) in [6.45, 7) is 1.07. The van der Waals surface area contributed by atoms with Crippen molar-refractivity contribution in [2.75, 3.05) is 20.6 Å². The highest BCUT2D eigenvalue weighted by atomic mass is 127. The van der Waals surface area contributed by atoms with Crippen LogP contribution in [0.4, 0.5) is 4.39 Å². The number of nitrogens with zero attached hydrogens (tertiary/aromatic N) is 2. The molecule has 6 heteroatoms. The molecule has 0 radical (unpaired) electrons. The molecule has 21 heavy (non-hydrogen) atoms. The van der Waals surface area contributed by atoms with Crippen LogP contribution in [0.1, 0.15) is 24.8 Å². The van der Waals surface area contributed by atoms with E-state index in [1.807, 2.05) is 18.0 Å². The molecule has 1 aromatic carbocycles. The molecule has 1 aromatic rings. The first-order valence-electron chi connectivity index (χ1n) is 6.91. The average Bonchev–Trinajstić information content (AvgIpc) is 2.37. The maximum absolute atomic E-state index is 13.2. The van der Waals surface area contributed by atoms with E-state index in [2.05, 4.69) is 10.3 Å². The Morgan fingerprint density at radius 2 is 2.19 bits per heavy atom. The molecule has 1 aliphatic rings. The van der Waals surface area contributed by atoms with Crippen LogP contribution in [-0.4, -0.2) is 42.2 Å². The van der Waals surface area contributed by atoms with E-state index >= 15 is 0 Å². The predicted octanol–water partition coefficient (Wildman–Crippen LogP) is 2.37. The first-order valence-corrected chi connectivity index (χ1v) is 6.91. The van der Waals surface area contributed by atoms with Gasteiger partial charge in [0, 0.05) is 27.2 Å². The van der Waals surface area contributed by atoms with Gasteiger partial charge in [-0.1, -0.05) is 12.1 Å². The fourth-order valence-electron chi connectivity index (χ4n) is 2.37. The van der Waals surface area contributed by atoms with Crippen LogP contribution in [-0.2, 0) is 6.54 Å². The lowest BCUT2D eigenvalue weighted by atomic mass is 9.80. The summed E-state index contributed by atoms with van der Waals surface area (Å²) in [5, 5.41) is 13.3. The number of guanidine groups is 1. The highest BCUT2D eigenvalue weighted by Crippen LogP contribution is 2.30. The van der Waals surface area contributed by atoms with Crippen LogP contribution in [0.5, 0.6) is 0 Å². The Bertz CT molecular complexity index is 492. The molecule has 0 bridgehead atoms. The third kappa shape index (κ3) is 5.10. The second kappa shape index (κ2) is 7.93. The van der Waals surface area contributed by atoms with Gasteiger partial charge in [0.15, 0.2) is 5.96 Å². The lowest BCUT2D eigenvalue weighted by Gasteiger charge is -2.37. The molecule has 118 valence electrons. The second-order valence-electron chi connectivity index (χ2n) is 5.46. The second-order valence-corrected chi connectivity index (χ2v) is 5.46. The molecule has 0 spiro atoms. The normalized spacial score (nSPS) is 16.7. The van der Waals surface area contributed by atoms with Crippen LogP contribution in [0.15, 0.2) is 29.3 Å². The lowest BCUT2D eigenvalue weighted by Crippen LogP contribution is -2.50. The van der Waals surface area contributed by atoms with Crippen molar-refractivity contribution in [3.8, 4) is 0 Å². The molecule has 0 unspecified atom stereocenters.